The minimum atomic E-state index is 0.0550. The van der Waals surface area contributed by atoms with E-state index in [9.17, 15) is 4.79 Å². The molecule has 0 N–H and O–H groups in total. The largest absolute Gasteiger partial charge is 0.466 e. The van der Waals surface area contributed by atoms with Gasteiger partial charge >= 0.3 is 5.97 Å². The van der Waals surface area contributed by atoms with Gasteiger partial charge in [0.25, 0.3) is 0 Å². The predicted molar refractivity (Wildman–Crippen MR) is 54.8 cm³/mol. The Labute approximate surface area is 86.0 Å². The van der Waals surface area contributed by atoms with Crippen LogP contribution in [0.15, 0.2) is 0 Å². The van der Waals surface area contributed by atoms with Gasteiger partial charge in [-0.3, -0.25) is 4.79 Å². The Kier molecular flexibility index (Phi) is 2.54. The average Bonchev–Trinajstić information content (AvgIpc) is 2.18. The summed E-state index contributed by atoms with van der Waals surface area (Å²) in [5.41, 5.74) is 0.251. The summed E-state index contributed by atoms with van der Waals surface area (Å²) in [6, 6.07) is 0. The van der Waals surface area contributed by atoms with E-state index < -0.39 is 0 Å². The first kappa shape index (κ1) is 10.0. The maximum absolute atomic E-state index is 11.8. The Hall–Kier alpha value is -0.530. The molecule has 0 aliphatic heterocycles. The van der Waals surface area contributed by atoms with E-state index in [4.69, 9.17) is 4.74 Å². The SMILES string of the molecule is CCOC(=O)[C@@H]1CC2CCC1(C)CC2. The van der Waals surface area contributed by atoms with Crippen LogP contribution in [0.4, 0.5) is 0 Å². The second kappa shape index (κ2) is 3.56. The molecular weight excluding hydrogens is 176 g/mol. The van der Waals surface area contributed by atoms with Crippen molar-refractivity contribution in [2.75, 3.05) is 6.61 Å². The molecule has 3 aliphatic rings. The van der Waals surface area contributed by atoms with Crippen LogP contribution in [0, 0.1) is 17.3 Å². The topological polar surface area (TPSA) is 26.3 Å². The molecule has 2 nitrogen and oxygen atoms in total. The lowest BCUT2D eigenvalue weighted by Crippen LogP contribution is -2.44. The number of esters is 1. The fourth-order valence-electron chi connectivity index (χ4n) is 3.16. The van der Waals surface area contributed by atoms with E-state index in [2.05, 4.69) is 6.92 Å². The summed E-state index contributed by atoms with van der Waals surface area (Å²) in [6.07, 6.45) is 6.18. The van der Waals surface area contributed by atoms with Crippen LogP contribution in [0.25, 0.3) is 0 Å². The number of ether oxygens (including phenoxy) is 1. The monoisotopic (exact) mass is 196 g/mol. The molecule has 3 rings (SSSR count). The summed E-state index contributed by atoms with van der Waals surface area (Å²) in [6.45, 7) is 4.68. The molecule has 80 valence electrons. The molecule has 3 fully saturated rings. The minimum absolute atomic E-state index is 0.0550. The lowest BCUT2D eigenvalue weighted by molar-refractivity contribution is -0.159. The van der Waals surface area contributed by atoms with Gasteiger partial charge in [0.2, 0.25) is 0 Å². The molecule has 0 aromatic heterocycles. The lowest BCUT2D eigenvalue weighted by atomic mass is 9.56. The molecule has 0 aromatic carbocycles. The highest BCUT2D eigenvalue weighted by Crippen LogP contribution is 2.53. The van der Waals surface area contributed by atoms with Crippen LogP contribution in [-0.4, -0.2) is 12.6 Å². The van der Waals surface area contributed by atoms with Crippen LogP contribution < -0.4 is 0 Å². The van der Waals surface area contributed by atoms with E-state index in [1.165, 1.54) is 25.7 Å². The van der Waals surface area contributed by atoms with Crippen molar-refractivity contribution in [2.45, 2.75) is 46.0 Å². The van der Waals surface area contributed by atoms with Crippen molar-refractivity contribution in [3.8, 4) is 0 Å². The van der Waals surface area contributed by atoms with Gasteiger partial charge in [0, 0.05) is 0 Å². The summed E-state index contributed by atoms with van der Waals surface area (Å²) < 4.78 is 5.16. The third-order valence-corrected chi connectivity index (χ3v) is 4.23. The van der Waals surface area contributed by atoms with Gasteiger partial charge in [0.15, 0.2) is 0 Å². The first-order chi connectivity index (χ1) is 6.65. The van der Waals surface area contributed by atoms with E-state index in [-0.39, 0.29) is 17.3 Å². The van der Waals surface area contributed by atoms with Crippen LogP contribution in [0.5, 0.6) is 0 Å². The van der Waals surface area contributed by atoms with Gasteiger partial charge in [-0.05, 0) is 50.4 Å². The summed E-state index contributed by atoms with van der Waals surface area (Å²) >= 11 is 0. The van der Waals surface area contributed by atoms with E-state index >= 15 is 0 Å². The highest BCUT2D eigenvalue weighted by atomic mass is 16.5. The molecule has 14 heavy (non-hydrogen) atoms. The molecule has 0 unspecified atom stereocenters. The van der Waals surface area contributed by atoms with Gasteiger partial charge in [-0.1, -0.05) is 6.92 Å². The van der Waals surface area contributed by atoms with Crippen LogP contribution in [-0.2, 0) is 9.53 Å². The number of hydrogen-bond donors (Lipinski definition) is 0. The number of carbonyl (C=O) groups is 1. The van der Waals surface area contributed by atoms with Gasteiger partial charge in [-0.15, -0.1) is 0 Å². The Balaban J connectivity index is 2.08. The fraction of sp³-hybridized carbons (Fsp3) is 0.917. The quantitative estimate of drug-likeness (QED) is 0.635. The normalized spacial score (nSPS) is 41.0. The van der Waals surface area contributed by atoms with E-state index in [1.807, 2.05) is 6.92 Å². The maximum Gasteiger partial charge on any atom is 0.309 e. The fourth-order valence-corrected chi connectivity index (χ4v) is 3.16. The van der Waals surface area contributed by atoms with Crippen molar-refractivity contribution >= 4 is 5.97 Å². The minimum Gasteiger partial charge on any atom is -0.466 e. The zero-order valence-electron chi connectivity index (χ0n) is 9.21. The highest BCUT2D eigenvalue weighted by molar-refractivity contribution is 5.73. The van der Waals surface area contributed by atoms with Crippen LogP contribution in [0.1, 0.15) is 46.0 Å². The zero-order valence-corrected chi connectivity index (χ0v) is 9.21. The second-order valence-corrected chi connectivity index (χ2v) is 5.14. The Morgan fingerprint density at radius 2 is 2.07 bits per heavy atom. The van der Waals surface area contributed by atoms with Crippen LogP contribution >= 0.6 is 0 Å². The number of carbonyl (C=O) groups excluding carboxylic acids is 1. The smallest absolute Gasteiger partial charge is 0.309 e. The Bertz CT molecular complexity index is 226. The van der Waals surface area contributed by atoms with Crippen molar-refractivity contribution in [1.82, 2.24) is 0 Å². The molecule has 0 saturated heterocycles. The maximum atomic E-state index is 11.8. The standard InChI is InChI=1S/C12H20O2/c1-3-14-11(13)10-8-9-4-6-12(10,2)7-5-9/h9-10H,3-8H2,1-2H3/t9?,10-,12?/m0/s1. The van der Waals surface area contributed by atoms with E-state index in [0.717, 1.165) is 12.3 Å². The molecule has 3 saturated carbocycles. The molecule has 0 amide bonds. The van der Waals surface area contributed by atoms with Crippen molar-refractivity contribution in [1.29, 1.82) is 0 Å². The lowest BCUT2D eigenvalue weighted by Gasteiger charge is -2.49. The molecular formula is C12H20O2. The number of hydrogen-bond acceptors (Lipinski definition) is 2. The molecule has 1 atom stereocenters. The highest BCUT2D eigenvalue weighted by Gasteiger charge is 2.48. The van der Waals surface area contributed by atoms with Gasteiger partial charge < -0.3 is 4.74 Å². The van der Waals surface area contributed by atoms with Crippen molar-refractivity contribution in [3.05, 3.63) is 0 Å². The molecule has 3 aliphatic carbocycles. The average molecular weight is 196 g/mol. The van der Waals surface area contributed by atoms with E-state index in [0.29, 0.717) is 6.61 Å². The van der Waals surface area contributed by atoms with Gasteiger partial charge in [0.05, 0.1) is 12.5 Å². The second-order valence-electron chi connectivity index (χ2n) is 5.14. The first-order valence-electron chi connectivity index (χ1n) is 5.82. The van der Waals surface area contributed by atoms with Crippen molar-refractivity contribution in [2.24, 2.45) is 17.3 Å². The number of fused-ring (bicyclic) bond motifs is 3. The van der Waals surface area contributed by atoms with Crippen LogP contribution in [0.2, 0.25) is 0 Å². The molecule has 0 aromatic rings. The van der Waals surface area contributed by atoms with Crippen molar-refractivity contribution < 1.29 is 9.53 Å². The zero-order chi connectivity index (χ0) is 10.2. The van der Waals surface area contributed by atoms with Gasteiger partial charge in [-0.25, -0.2) is 0 Å². The third kappa shape index (κ3) is 1.55. The van der Waals surface area contributed by atoms with Gasteiger partial charge in [-0.2, -0.15) is 0 Å². The summed E-state index contributed by atoms with van der Waals surface area (Å²) in [4.78, 5) is 11.8. The molecule has 0 radical (unpaired) electrons. The molecule has 0 heterocycles. The first-order valence-corrected chi connectivity index (χ1v) is 5.82. The van der Waals surface area contributed by atoms with Crippen molar-refractivity contribution in [3.63, 3.8) is 0 Å². The third-order valence-electron chi connectivity index (χ3n) is 4.23. The molecule has 0 spiro atoms. The summed E-state index contributed by atoms with van der Waals surface area (Å²) in [5, 5.41) is 0. The molecule has 2 bridgehead atoms. The molecule has 2 heteroatoms. The summed E-state index contributed by atoms with van der Waals surface area (Å²) in [5.74, 6) is 1.04. The predicted octanol–water partition coefficient (Wildman–Crippen LogP) is 2.77. The summed E-state index contributed by atoms with van der Waals surface area (Å²) in [7, 11) is 0. The number of rotatable bonds is 2. The van der Waals surface area contributed by atoms with E-state index in [1.54, 1.807) is 0 Å². The Morgan fingerprint density at radius 1 is 1.43 bits per heavy atom. The van der Waals surface area contributed by atoms with Gasteiger partial charge in [0.1, 0.15) is 0 Å². The Morgan fingerprint density at radius 3 is 2.57 bits per heavy atom. The van der Waals surface area contributed by atoms with Crippen LogP contribution in [0.3, 0.4) is 0 Å².